The van der Waals surface area contributed by atoms with E-state index >= 15 is 0 Å². The van der Waals surface area contributed by atoms with Crippen LogP contribution in [0.1, 0.15) is 0 Å². The summed E-state index contributed by atoms with van der Waals surface area (Å²) in [5.41, 5.74) is 11.0. The van der Waals surface area contributed by atoms with E-state index in [1.807, 2.05) is 18.2 Å². The van der Waals surface area contributed by atoms with Crippen LogP contribution >= 0.6 is 0 Å². The van der Waals surface area contributed by atoms with Crippen molar-refractivity contribution in [3.05, 3.63) is 188 Å². The van der Waals surface area contributed by atoms with E-state index in [1.54, 1.807) is 0 Å². The standard InChI is InChI=1S/C50H31NO2/c1-3-18-34-32(14-1)16-11-26-43(34)51(44-27-12-17-33-15-2-4-19-35(33)44)45-31-30-41(50-48(45)42-23-8-10-29-47(42)53-50)37-21-6-5-20-36(37)39-24-13-25-40-38-22-7-9-28-46(38)52-49(39)40/h1-31H. The summed E-state index contributed by atoms with van der Waals surface area (Å²) in [5, 5.41) is 9.10. The minimum Gasteiger partial charge on any atom is -0.455 e. The molecule has 2 heterocycles. The zero-order chi connectivity index (χ0) is 34.9. The second kappa shape index (κ2) is 11.7. The van der Waals surface area contributed by atoms with Gasteiger partial charge in [-0.05, 0) is 58.3 Å². The highest BCUT2D eigenvalue weighted by molar-refractivity contribution is 6.20. The average molecular weight is 678 g/mol. The summed E-state index contributed by atoms with van der Waals surface area (Å²) in [6.45, 7) is 0. The molecule has 248 valence electrons. The number of para-hydroxylation sites is 3. The molecule has 0 fully saturated rings. The van der Waals surface area contributed by atoms with Crippen LogP contribution in [0.2, 0.25) is 0 Å². The van der Waals surface area contributed by atoms with Gasteiger partial charge in [-0.3, -0.25) is 0 Å². The highest BCUT2D eigenvalue weighted by Gasteiger charge is 2.25. The van der Waals surface area contributed by atoms with Gasteiger partial charge in [-0.15, -0.1) is 0 Å². The van der Waals surface area contributed by atoms with Gasteiger partial charge in [0.2, 0.25) is 0 Å². The molecule has 11 aromatic rings. The number of hydrogen-bond acceptors (Lipinski definition) is 3. The first-order valence-corrected chi connectivity index (χ1v) is 18.0. The number of furan rings is 2. The van der Waals surface area contributed by atoms with Crippen LogP contribution < -0.4 is 4.90 Å². The first kappa shape index (κ1) is 29.6. The van der Waals surface area contributed by atoms with E-state index in [4.69, 9.17) is 8.83 Å². The average Bonchev–Trinajstić information content (AvgIpc) is 3.81. The molecule has 0 amide bonds. The summed E-state index contributed by atoms with van der Waals surface area (Å²) in [6.07, 6.45) is 0. The second-order valence-electron chi connectivity index (χ2n) is 13.6. The summed E-state index contributed by atoms with van der Waals surface area (Å²) in [7, 11) is 0. The highest BCUT2D eigenvalue weighted by atomic mass is 16.3. The predicted molar refractivity (Wildman–Crippen MR) is 222 cm³/mol. The van der Waals surface area contributed by atoms with E-state index in [-0.39, 0.29) is 0 Å². The van der Waals surface area contributed by atoms with Gasteiger partial charge in [-0.1, -0.05) is 152 Å². The Morgan fingerprint density at radius 2 is 0.736 bits per heavy atom. The molecule has 0 unspecified atom stereocenters. The van der Waals surface area contributed by atoms with Gasteiger partial charge in [-0.25, -0.2) is 0 Å². The van der Waals surface area contributed by atoms with E-state index < -0.39 is 0 Å². The van der Waals surface area contributed by atoms with Gasteiger partial charge in [0.25, 0.3) is 0 Å². The lowest BCUT2D eigenvalue weighted by Gasteiger charge is -2.29. The van der Waals surface area contributed by atoms with Crippen molar-refractivity contribution in [2.75, 3.05) is 4.90 Å². The van der Waals surface area contributed by atoms with Gasteiger partial charge in [-0.2, -0.15) is 0 Å². The molecule has 11 rings (SSSR count). The van der Waals surface area contributed by atoms with E-state index in [9.17, 15) is 0 Å². The zero-order valence-corrected chi connectivity index (χ0v) is 28.7. The van der Waals surface area contributed by atoms with Crippen LogP contribution in [0.15, 0.2) is 197 Å². The Kier molecular flexibility index (Phi) is 6.55. The fourth-order valence-corrected chi connectivity index (χ4v) is 8.32. The van der Waals surface area contributed by atoms with Crippen LogP contribution in [0, 0.1) is 0 Å². The summed E-state index contributed by atoms with van der Waals surface area (Å²) in [5.74, 6) is 0. The van der Waals surface area contributed by atoms with Crippen molar-refractivity contribution < 1.29 is 8.83 Å². The topological polar surface area (TPSA) is 29.5 Å². The molecule has 3 nitrogen and oxygen atoms in total. The van der Waals surface area contributed by atoms with E-state index in [0.29, 0.717) is 0 Å². The van der Waals surface area contributed by atoms with Crippen molar-refractivity contribution in [3.63, 3.8) is 0 Å². The molecule has 0 aliphatic rings. The second-order valence-corrected chi connectivity index (χ2v) is 13.6. The number of rotatable bonds is 5. The summed E-state index contributed by atoms with van der Waals surface area (Å²) >= 11 is 0. The van der Waals surface area contributed by atoms with E-state index in [1.165, 1.54) is 21.5 Å². The molecule has 0 aliphatic carbocycles. The van der Waals surface area contributed by atoms with Gasteiger partial charge in [0, 0.05) is 38.1 Å². The highest BCUT2D eigenvalue weighted by Crippen LogP contribution is 2.50. The maximum atomic E-state index is 6.95. The zero-order valence-electron chi connectivity index (χ0n) is 28.7. The first-order valence-electron chi connectivity index (χ1n) is 18.0. The molecule has 0 bridgehead atoms. The molecule has 0 N–H and O–H groups in total. The lowest BCUT2D eigenvalue weighted by Crippen LogP contribution is -2.11. The van der Waals surface area contributed by atoms with Crippen LogP contribution in [-0.4, -0.2) is 0 Å². The quantitative estimate of drug-likeness (QED) is 0.182. The Labute approximate surface area is 305 Å². The molecule has 0 spiro atoms. The fourth-order valence-electron chi connectivity index (χ4n) is 8.32. The third-order valence-corrected chi connectivity index (χ3v) is 10.7. The third kappa shape index (κ3) is 4.54. The molecule has 9 aromatic carbocycles. The van der Waals surface area contributed by atoms with Crippen LogP contribution in [0.5, 0.6) is 0 Å². The van der Waals surface area contributed by atoms with E-state index in [2.05, 4.69) is 175 Å². The largest absolute Gasteiger partial charge is 0.455 e. The summed E-state index contributed by atoms with van der Waals surface area (Å²) < 4.78 is 13.5. The van der Waals surface area contributed by atoms with Crippen molar-refractivity contribution in [1.82, 2.24) is 0 Å². The molecule has 0 saturated carbocycles. The molecule has 2 aromatic heterocycles. The van der Waals surface area contributed by atoms with Crippen LogP contribution in [0.4, 0.5) is 17.1 Å². The summed E-state index contributed by atoms with van der Waals surface area (Å²) in [4.78, 5) is 2.43. The van der Waals surface area contributed by atoms with Gasteiger partial charge in [0.1, 0.15) is 22.3 Å². The molecule has 3 heteroatoms. The Morgan fingerprint density at radius 1 is 0.283 bits per heavy atom. The lowest BCUT2D eigenvalue weighted by atomic mass is 9.92. The number of nitrogens with zero attached hydrogens (tertiary/aromatic N) is 1. The molecule has 53 heavy (non-hydrogen) atoms. The maximum Gasteiger partial charge on any atom is 0.145 e. The van der Waals surface area contributed by atoms with E-state index in [0.717, 1.165) is 83.2 Å². The minimum atomic E-state index is 0.846. The molecule has 0 atom stereocenters. The lowest BCUT2D eigenvalue weighted by molar-refractivity contribution is 0.669. The number of hydrogen-bond donors (Lipinski definition) is 0. The van der Waals surface area contributed by atoms with Crippen molar-refractivity contribution in [1.29, 1.82) is 0 Å². The molecular formula is C50H31NO2. The van der Waals surface area contributed by atoms with Crippen molar-refractivity contribution in [2.24, 2.45) is 0 Å². The monoisotopic (exact) mass is 677 g/mol. The smallest absolute Gasteiger partial charge is 0.145 e. The van der Waals surface area contributed by atoms with Crippen LogP contribution in [0.25, 0.3) is 87.7 Å². The van der Waals surface area contributed by atoms with Gasteiger partial charge in [0.05, 0.1) is 22.4 Å². The first-order chi connectivity index (χ1) is 26.3. The molecule has 0 radical (unpaired) electrons. The summed E-state index contributed by atoms with van der Waals surface area (Å²) in [6, 6.07) is 66.6. The predicted octanol–water partition coefficient (Wildman–Crippen LogP) is 14.6. The molecule has 0 aliphatic heterocycles. The van der Waals surface area contributed by atoms with Crippen molar-refractivity contribution in [3.8, 4) is 22.3 Å². The normalized spacial score (nSPS) is 11.8. The SMILES string of the molecule is c1ccc(-c2ccc(N(c3cccc4ccccc34)c3cccc4ccccc34)c3c2oc2ccccc23)c(-c2cccc3c2oc2ccccc23)c1. The minimum absolute atomic E-state index is 0.846. The van der Waals surface area contributed by atoms with Crippen LogP contribution in [0.3, 0.4) is 0 Å². The maximum absolute atomic E-state index is 6.95. The number of benzene rings is 9. The Morgan fingerprint density at radius 3 is 1.42 bits per heavy atom. The Balaban J connectivity index is 1.22. The van der Waals surface area contributed by atoms with Gasteiger partial charge < -0.3 is 13.7 Å². The fraction of sp³-hybridized carbons (Fsp3) is 0. The van der Waals surface area contributed by atoms with Crippen molar-refractivity contribution in [2.45, 2.75) is 0 Å². The van der Waals surface area contributed by atoms with Gasteiger partial charge >= 0.3 is 0 Å². The molecule has 0 saturated heterocycles. The van der Waals surface area contributed by atoms with Crippen LogP contribution in [-0.2, 0) is 0 Å². The Bertz CT molecular complexity index is 3110. The Hall–Kier alpha value is -7.10. The third-order valence-electron chi connectivity index (χ3n) is 10.7. The number of fused-ring (bicyclic) bond motifs is 8. The van der Waals surface area contributed by atoms with Crippen molar-refractivity contribution >= 4 is 82.5 Å². The van der Waals surface area contributed by atoms with Gasteiger partial charge in [0.15, 0.2) is 0 Å². The molecular weight excluding hydrogens is 647 g/mol. The number of anilines is 3.